The number of carbonyl (C=O) groups is 1. The SMILES string of the molecule is Cc1ccc(SCC(=O)Nc2ccc(Cl)c(N)c2)c(C)c1. The first-order valence-electron chi connectivity index (χ1n) is 6.50. The molecule has 2 aromatic carbocycles. The predicted octanol–water partition coefficient (Wildman–Crippen LogP) is 4.27. The van der Waals surface area contributed by atoms with Crippen molar-refractivity contribution in [1.29, 1.82) is 0 Å². The molecule has 0 aliphatic rings. The lowest BCUT2D eigenvalue weighted by Crippen LogP contribution is -2.14. The van der Waals surface area contributed by atoms with E-state index in [1.807, 2.05) is 19.1 Å². The maximum atomic E-state index is 12.0. The molecule has 5 heteroatoms. The van der Waals surface area contributed by atoms with E-state index in [0.29, 0.717) is 22.2 Å². The smallest absolute Gasteiger partial charge is 0.234 e. The van der Waals surface area contributed by atoms with Crippen LogP contribution in [0.5, 0.6) is 0 Å². The topological polar surface area (TPSA) is 55.1 Å². The lowest BCUT2D eigenvalue weighted by molar-refractivity contribution is -0.113. The fraction of sp³-hybridized carbons (Fsp3) is 0.188. The first kappa shape index (κ1) is 15.7. The van der Waals surface area contributed by atoms with Gasteiger partial charge in [0, 0.05) is 10.6 Å². The van der Waals surface area contributed by atoms with Gasteiger partial charge in [0.15, 0.2) is 0 Å². The Kier molecular flexibility index (Phi) is 5.15. The summed E-state index contributed by atoms with van der Waals surface area (Å²) in [4.78, 5) is 13.1. The van der Waals surface area contributed by atoms with E-state index in [4.69, 9.17) is 17.3 Å². The molecule has 0 heterocycles. The first-order valence-corrected chi connectivity index (χ1v) is 7.87. The van der Waals surface area contributed by atoms with Crippen LogP contribution in [0.4, 0.5) is 11.4 Å². The van der Waals surface area contributed by atoms with E-state index in [1.165, 1.54) is 22.9 Å². The van der Waals surface area contributed by atoms with Gasteiger partial charge in [-0.1, -0.05) is 29.3 Å². The Bertz CT molecular complexity index is 673. The number of nitrogens with two attached hydrogens (primary N) is 1. The molecule has 0 fully saturated rings. The van der Waals surface area contributed by atoms with Crippen molar-refractivity contribution in [2.45, 2.75) is 18.7 Å². The van der Waals surface area contributed by atoms with Crippen molar-refractivity contribution in [2.75, 3.05) is 16.8 Å². The number of thioether (sulfide) groups is 1. The van der Waals surface area contributed by atoms with Gasteiger partial charge < -0.3 is 11.1 Å². The summed E-state index contributed by atoms with van der Waals surface area (Å²) in [5.41, 5.74) is 9.22. The summed E-state index contributed by atoms with van der Waals surface area (Å²) in [6.07, 6.45) is 0. The lowest BCUT2D eigenvalue weighted by atomic mass is 10.2. The van der Waals surface area contributed by atoms with Crippen LogP contribution in [0.2, 0.25) is 5.02 Å². The third-order valence-electron chi connectivity index (χ3n) is 2.97. The minimum Gasteiger partial charge on any atom is -0.397 e. The fourth-order valence-electron chi connectivity index (χ4n) is 1.92. The van der Waals surface area contributed by atoms with Crippen LogP contribution in [-0.2, 0) is 4.79 Å². The Morgan fingerprint density at radius 1 is 1.24 bits per heavy atom. The van der Waals surface area contributed by atoms with Crippen LogP contribution in [0.1, 0.15) is 11.1 Å². The van der Waals surface area contributed by atoms with Crippen molar-refractivity contribution in [1.82, 2.24) is 0 Å². The summed E-state index contributed by atoms with van der Waals surface area (Å²) in [5, 5.41) is 3.30. The summed E-state index contributed by atoms with van der Waals surface area (Å²) in [6.45, 7) is 4.10. The number of benzene rings is 2. The van der Waals surface area contributed by atoms with Gasteiger partial charge in [-0.05, 0) is 43.7 Å². The molecule has 0 atom stereocenters. The molecule has 2 aromatic rings. The number of nitrogen functional groups attached to an aromatic ring is 1. The molecule has 3 nitrogen and oxygen atoms in total. The molecule has 3 N–H and O–H groups in total. The molecule has 0 aromatic heterocycles. The van der Waals surface area contributed by atoms with Crippen molar-refractivity contribution >= 4 is 40.6 Å². The molecule has 0 bridgehead atoms. The molecular weight excluding hydrogens is 304 g/mol. The lowest BCUT2D eigenvalue weighted by Gasteiger charge is -2.08. The van der Waals surface area contributed by atoms with Gasteiger partial charge >= 0.3 is 0 Å². The van der Waals surface area contributed by atoms with Gasteiger partial charge in [-0.15, -0.1) is 11.8 Å². The minimum absolute atomic E-state index is 0.0679. The maximum absolute atomic E-state index is 12.0. The van der Waals surface area contributed by atoms with E-state index in [2.05, 4.69) is 18.3 Å². The number of carbonyl (C=O) groups excluding carboxylic acids is 1. The standard InChI is InChI=1S/C16H17ClN2OS/c1-10-3-6-15(11(2)7-10)21-9-16(20)19-12-4-5-13(17)14(18)8-12/h3-8H,9,18H2,1-2H3,(H,19,20). The van der Waals surface area contributed by atoms with Crippen LogP contribution < -0.4 is 11.1 Å². The zero-order valence-electron chi connectivity index (χ0n) is 11.9. The Labute approximate surface area is 133 Å². The van der Waals surface area contributed by atoms with Crippen LogP contribution in [0.15, 0.2) is 41.3 Å². The van der Waals surface area contributed by atoms with E-state index in [-0.39, 0.29) is 5.91 Å². The summed E-state index contributed by atoms with van der Waals surface area (Å²) in [7, 11) is 0. The number of rotatable bonds is 4. The van der Waals surface area contributed by atoms with Crippen molar-refractivity contribution in [3.05, 3.63) is 52.5 Å². The number of hydrogen-bond donors (Lipinski definition) is 2. The van der Waals surface area contributed by atoms with E-state index in [9.17, 15) is 4.79 Å². The highest BCUT2D eigenvalue weighted by Gasteiger charge is 2.06. The largest absolute Gasteiger partial charge is 0.397 e. The molecule has 110 valence electrons. The average molecular weight is 321 g/mol. The molecule has 2 rings (SSSR count). The normalized spacial score (nSPS) is 10.4. The van der Waals surface area contributed by atoms with E-state index >= 15 is 0 Å². The van der Waals surface area contributed by atoms with Gasteiger partial charge in [0.2, 0.25) is 5.91 Å². The number of anilines is 2. The predicted molar refractivity (Wildman–Crippen MR) is 91.1 cm³/mol. The molecule has 0 saturated heterocycles. The third kappa shape index (κ3) is 4.41. The summed E-state index contributed by atoms with van der Waals surface area (Å²) < 4.78 is 0. The Morgan fingerprint density at radius 2 is 2.00 bits per heavy atom. The second-order valence-corrected chi connectivity index (χ2v) is 6.27. The van der Waals surface area contributed by atoms with Gasteiger partial charge in [-0.3, -0.25) is 4.79 Å². The Hall–Kier alpha value is -1.65. The monoisotopic (exact) mass is 320 g/mol. The quantitative estimate of drug-likeness (QED) is 0.653. The fourth-order valence-corrected chi connectivity index (χ4v) is 2.85. The molecular formula is C16H17ClN2OS. The zero-order valence-corrected chi connectivity index (χ0v) is 13.5. The van der Waals surface area contributed by atoms with E-state index in [0.717, 1.165) is 4.90 Å². The van der Waals surface area contributed by atoms with Gasteiger partial charge in [-0.25, -0.2) is 0 Å². The van der Waals surface area contributed by atoms with Crippen molar-refractivity contribution in [2.24, 2.45) is 0 Å². The van der Waals surface area contributed by atoms with Crippen molar-refractivity contribution in [3.8, 4) is 0 Å². The summed E-state index contributed by atoms with van der Waals surface area (Å²) >= 11 is 7.37. The number of aryl methyl sites for hydroxylation is 2. The molecule has 0 saturated carbocycles. The second kappa shape index (κ2) is 6.87. The highest BCUT2D eigenvalue weighted by molar-refractivity contribution is 8.00. The third-order valence-corrected chi connectivity index (χ3v) is 4.49. The number of halogens is 1. The van der Waals surface area contributed by atoms with Crippen LogP contribution in [0.25, 0.3) is 0 Å². The van der Waals surface area contributed by atoms with E-state index in [1.54, 1.807) is 18.2 Å². The molecule has 0 radical (unpaired) electrons. The Balaban J connectivity index is 1.94. The zero-order chi connectivity index (χ0) is 15.4. The molecule has 21 heavy (non-hydrogen) atoms. The average Bonchev–Trinajstić information content (AvgIpc) is 2.42. The number of hydrogen-bond acceptors (Lipinski definition) is 3. The number of nitrogens with one attached hydrogen (secondary N) is 1. The van der Waals surface area contributed by atoms with Gasteiger partial charge in [0.05, 0.1) is 16.5 Å². The van der Waals surface area contributed by atoms with Gasteiger partial charge in [0.25, 0.3) is 0 Å². The highest BCUT2D eigenvalue weighted by Crippen LogP contribution is 2.25. The molecule has 0 unspecified atom stereocenters. The van der Waals surface area contributed by atoms with Gasteiger partial charge in [-0.2, -0.15) is 0 Å². The van der Waals surface area contributed by atoms with Crippen molar-refractivity contribution < 1.29 is 4.79 Å². The summed E-state index contributed by atoms with van der Waals surface area (Å²) in [6, 6.07) is 11.3. The maximum Gasteiger partial charge on any atom is 0.234 e. The van der Waals surface area contributed by atoms with Crippen LogP contribution in [-0.4, -0.2) is 11.7 Å². The van der Waals surface area contributed by atoms with E-state index < -0.39 is 0 Å². The molecule has 0 aliphatic heterocycles. The molecule has 0 aliphatic carbocycles. The minimum atomic E-state index is -0.0679. The Morgan fingerprint density at radius 3 is 2.67 bits per heavy atom. The molecule has 1 amide bonds. The summed E-state index contributed by atoms with van der Waals surface area (Å²) in [5.74, 6) is 0.286. The van der Waals surface area contributed by atoms with Gasteiger partial charge in [0.1, 0.15) is 0 Å². The van der Waals surface area contributed by atoms with Crippen LogP contribution >= 0.6 is 23.4 Å². The molecule has 0 spiro atoms. The van der Waals surface area contributed by atoms with Crippen molar-refractivity contribution in [3.63, 3.8) is 0 Å². The first-order chi connectivity index (χ1) is 9.95. The second-order valence-electron chi connectivity index (χ2n) is 4.84. The van der Waals surface area contributed by atoms with Crippen LogP contribution in [0, 0.1) is 13.8 Å². The van der Waals surface area contributed by atoms with Crippen LogP contribution in [0.3, 0.4) is 0 Å². The highest BCUT2D eigenvalue weighted by atomic mass is 35.5. The number of amides is 1.